The standard InChI is InChI=1S/C20H30N4O2.C2H6/c1-15-9-16(24-12-20(2,13-24)14-25)6-7-18(15)19(23-21)11-22-10-17-5-3-4-8-26-17;1-2/h6-7,9,11,17,25H,3-5,8,10,12-14,21H2,1-2H3;1-2H3/b22-11?,23-19+;. The predicted octanol–water partition coefficient (Wildman–Crippen LogP) is 3.14. The third-order valence-electron chi connectivity index (χ3n) is 5.31. The van der Waals surface area contributed by atoms with E-state index in [-0.39, 0.29) is 18.1 Å². The summed E-state index contributed by atoms with van der Waals surface area (Å²) in [6.07, 6.45) is 5.41. The summed E-state index contributed by atoms with van der Waals surface area (Å²) in [6, 6.07) is 6.28. The highest BCUT2D eigenvalue weighted by atomic mass is 16.5. The van der Waals surface area contributed by atoms with E-state index in [9.17, 15) is 5.11 Å². The Morgan fingerprint density at radius 3 is 2.68 bits per heavy atom. The van der Waals surface area contributed by atoms with Crippen molar-refractivity contribution in [1.82, 2.24) is 0 Å². The zero-order valence-corrected chi connectivity index (χ0v) is 17.8. The first kappa shape index (κ1) is 22.4. The molecule has 2 aliphatic heterocycles. The molecule has 0 amide bonds. The lowest BCUT2D eigenvalue weighted by Gasteiger charge is -2.48. The predicted molar refractivity (Wildman–Crippen MR) is 118 cm³/mol. The van der Waals surface area contributed by atoms with E-state index >= 15 is 0 Å². The van der Waals surface area contributed by atoms with Crippen molar-refractivity contribution in [1.29, 1.82) is 0 Å². The van der Waals surface area contributed by atoms with Gasteiger partial charge in [-0.3, -0.25) is 4.99 Å². The monoisotopic (exact) mass is 388 g/mol. The first-order valence-electron chi connectivity index (χ1n) is 10.4. The van der Waals surface area contributed by atoms with Gasteiger partial charge in [-0.05, 0) is 43.9 Å². The third kappa shape index (κ3) is 5.55. The Morgan fingerprint density at radius 1 is 1.36 bits per heavy atom. The van der Waals surface area contributed by atoms with E-state index in [1.54, 1.807) is 6.21 Å². The molecule has 0 spiro atoms. The number of aliphatic hydroxyl groups is 1. The van der Waals surface area contributed by atoms with Crippen molar-refractivity contribution in [3.8, 4) is 0 Å². The van der Waals surface area contributed by atoms with Crippen LogP contribution < -0.4 is 10.7 Å². The zero-order valence-electron chi connectivity index (χ0n) is 17.8. The average Bonchev–Trinajstić information content (AvgIpc) is 2.71. The summed E-state index contributed by atoms with van der Waals surface area (Å²) >= 11 is 0. The van der Waals surface area contributed by atoms with Crippen LogP contribution in [0.25, 0.3) is 0 Å². The highest BCUT2D eigenvalue weighted by molar-refractivity contribution is 6.38. The number of rotatable bonds is 6. The van der Waals surface area contributed by atoms with Crippen LogP contribution in [-0.4, -0.2) is 56.0 Å². The topological polar surface area (TPSA) is 83.4 Å². The highest BCUT2D eigenvalue weighted by Gasteiger charge is 2.38. The second-order valence-corrected chi connectivity index (χ2v) is 7.82. The number of hydrogen-bond acceptors (Lipinski definition) is 6. The zero-order chi connectivity index (χ0) is 20.6. The molecule has 2 aliphatic rings. The number of anilines is 1. The van der Waals surface area contributed by atoms with E-state index in [0.29, 0.717) is 12.3 Å². The molecule has 28 heavy (non-hydrogen) atoms. The highest BCUT2D eigenvalue weighted by Crippen LogP contribution is 2.34. The molecule has 1 aromatic carbocycles. The van der Waals surface area contributed by atoms with E-state index in [1.165, 1.54) is 12.1 Å². The molecular weight excluding hydrogens is 352 g/mol. The molecule has 0 radical (unpaired) electrons. The number of aliphatic hydroxyl groups excluding tert-OH is 1. The second kappa shape index (κ2) is 10.6. The van der Waals surface area contributed by atoms with Crippen LogP contribution in [0.1, 0.15) is 51.2 Å². The van der Waals surface area contributed by atoms with E-state index in [4.69, 9.17) is 10.6 Å². The van der Waals surface area contributed by atoms with Crippen LogP contribution in [0.15, 0.2) is 28.3 Å². The molecule has 1 unspecified atom stereocenters. The Balaban J connectivity index is 0.00000136. The number of aryl methyl sites for hydroxylation is 1. The van der Waals surface area contributed by atoms with Gasteiger partial charge in [-0.2, -0.15) is 5.10 Å². The van der Waals surface area contributed by atoms with Gasteiger partial charge >= 0.3 is 0 Å². The first-order chi connectivity index (χ1) is 13.5. The van der Waals surface area contributed by atoms with Crippen LogP contribution in [0.4, 0.5) is 5.69 Å². The van der Waals surface area contributed by atoms with Crippen molar-refractivity contribution in [2.24, 2.45) is 21.4 Å². The summed E-state index contributed by atoms with van der Waals surface area (Å²) in [7, 11) is 0. The van der Waals surface area contributed by atoms with Gasteiger partial charge in [0.2, 0.25) is 0 Å². The van der Waals surface area contributed by atoms with Crippen molar-refractivity contribution >= 4 is 17.6 Å². The summed E-state index contributed by atoms with van der Waals surface area (Å²) in [5.41, 5.74) is 3.99. The minimum atomic E-state index is 0.0182. The number of hydrogen-bond donors (Lipinski definition) is 2. The summed E-state index contributed by atoms with van der Waals surface area (Å²) < 4.78 is 5.70. The molecule has 3 N–H and O–H groups in total. The Hall–Kier alpha value is -1.92. The first-order valence-corrected chi connectivity index (χ1v) is 10.4. The number of ether oxygens (including phenoxy) is 1. The van der Waals surface area contributed by atoms with Crippen LogP contribution in [-0.2, 0) is 4.74 Å². The van der Waals surface area contributed by atoms with E-state index in [0.717, 1.165) is 43.7 Å². The summed E-state index contributed by atoms with van der Waals surface area (Å²) in [5.74, 6) is 5.61. The average molecular weight is 389 g/mol. The Morgan fingerprint density at radius 2 is 2.11 bits per heavy atom. The van der Waals surface area contributed by atoms with Gasteiger partial charge in [-0.25, -0.2) is 0 Å². The minimum absolute atomic E-state index is 0.0182. The SMILES string of the molecule is CC.Cc1cc(N2CC(C)(CO)C2)ccc1/C(C=NCC1CCCCO1)=N/N. The number of benzene rings is 1. The van der Waals surface area contributed by atoms with Crippen LogP contribution >= 0.6 is 0 Å². The fraction of sp³-hybridized carbons (Fsp3) is 0.636. The molecule has 1 aromatic rings. The molecule has 0 aromatic heterocycles. The van der Waals surface area contributed by atoms with Crippen molar-refractivity contribution in [2.75, 3.05) is 37.7 Å². The number of hydrazone groups is 1. The third-order valence-corrected chi connectivity index (χ3v) is 5.31. The van der Waals surface area contributed by atoms with E-state index in [2.05, 4.69) is 41.0 Å². The van der Waals surface area contributed by atoms with Crippen molar-refractivity contribution in [2.45, 2.75) is 53.1 Å². The molecule has 0 aliphatic carbocycles. The maximum absolute atomic E-state index is 9.41. The van der Waals surface area contributed by atoms with Gasteiger partial charge in [0, 0.05) is 42.6 Å². The van der Waals surface area contributed by atoms with Crippen LogP contribution in [0.3, 0.4) is 0 Å². The van der Waals surface area contributed by atoms with E-state index in [1.807, 2.05) is 19.9 Å². The molecule has 6 nitrogen and oxygen atoms in total. The van der Waals surface area contributed by atoms with Gasteiger partial charge in [0.25, 0.3) is 0 Å². The molecule has 2 fully saturated rings. The van der Waals surface area contributed by atoms with E-state index < -0.39 is 0 Å². The van der Waals surface area contributed by atoms with Crippen molar-refractivity contribution < 1.29 is 9.84 Å². The lowest BCUT2D eigenvalue weighted by Crippen LogP contribution is -2.56. The molecule has 2 heterocycles. The fourth-order valence-electron chi connectivity index (χ4n) is 3.67. The second-order valence-electron chi connectivity index (χ2n) is 7.82. The Kier molecular flexibility index (Phi) is 8.45. The molecule has 1 atom stereocenters. The van der Waals surface area contributed by atoms with Crippen LogP contribution in [0.5, 0.6) is 0 Å². The fourth-order valence-corrected chi connectivity index (χ4v) is 3.67. The maximum Gasteiger partial charge on any atom is 0.108 e. The van der Waals surface area contributed by atoms with Crippen molar-refractivity contribution in [3.63, 3.8) is 0 Å². The molecule has 156 valence electrons. The molecule has 6 heteroatoms. The van der Waals surface area contributed by atoms with Gasteiger partial charge in [0.15, 0.2) is 0 Å². The summed E-state index contributed by atoms with van der Waals surface area (Å²) in [5, 5.41) is 13.3. The molecule has 0 bridgehead atoms. The molecule has 2 saturated heterocycles. The van der Waals surface area contributed by atoms with Crippen molar-refractivity contribution in [3.05, 3.63) is 29.3 Å². The Labute approximate surface area is 169 Å². The molecule has 0 saturated carbocycles. The largest absolute Gasteiger partial charge is 0.396 e. The molecule has 3 rings (SSSR count). The Bertz CT molecular complexity index is 675. The smallest absolute Gasteiger partial charge is 0.108 e. The summed E-state index contributed by atoms with van der Waals surface area (Å²) in [4.78, 5) is 6.78. The van der Waals surface area contributed by atoms with Crippen LogP contribution in [0.2, 0.25) is 0 Å². The molecular formula is C22H36N4O2. The number of nitrogens with zero attached hydrogens (tertiary/aromatic N) is 3. The van der Waals surface area contributed by atoms with Crippen LogP contribution in [0, 0.1) is 12.3 Å². The maximum atomic E-state index is 9.41. The summed E-state index contributed by atoms with van der Waals surface area (Å²) in [6.45, 7) is 11.6. The van der Waals surface area contributed by atoms with Gasteiger partial charge in [-0.15, -0.1) is 0 Å². The normalized spacial score (nSPS) is 21.8. The van der Waals surface area contributed by atoms with Gasteiger partial charge in [0.05, 0.1) is 19.3 Å². The lowest BCUT2D eigenvalue weighted by molar-refractivity contribution is 0.0226. The minimum Gasteiger partial charge on any atom is -0.396 e. The van der Waals surface area contributed by atoms with Gasteiger partial charge in [0.1, 0.15) is 5.71 Å². The van der Waals surface area contributed by atoms with Gasteiger partial charge in [-0.1, -0.05) is 26.8 Å². The number of nitrogens with two attached hydrogens (primary N) is 1. The van der Waals surface area contributed by atoms with Gasteiger partial charge < -0.3 is 20.6 Å². The lowest BCUT2D eigenvalue weighted by atomic mass is 9.82. The quantitative estimate of drug-likeness (QED) is 0.445. The number of aliphatic imine (C=N–C) groups is 1.